The van der Waals surface area contributed by atoms with Crippen LogP contribution in [0.1, 0.15) is 0 Å². The average molecular weight is 329 g/mol. The van der Waals surface area contributed by atoms with Crippen molar-refractivity contribution >= 4 is 52.2 Å². The molecule has 5 nitrogen and oxygen atoms in total. The van der Waals surface area contributed by atoms with Crippen molar-refractivity contribution in [2.45, 2.75) is 5.16 Å². The van der Waals surface area contributed by atoms with Crippen LogP contribution in [0.4, 0.5) is 11.4 Å². The van der Waals surface area contributed by atoms with Crippen LogP contribution in [-0.2, 0) is 4.79 Å². The summed E-state index contributed by atoms with van der Waals surface area (Å²) < 4.78 is 0. The Bertz CT molecular complexity index is 601. The smallest absolute Gasteiger partial charge is 0.234 e. The maximum absolute atomic E-state index is 11.8. The zero-order valence-corrected chi connectivity index (χ0v) is 12.5. The Hall–Kier alpha value is -1.50. The highest BCUT2D eigenvalue weighted by Crippen LogP contribution is 2.32. The second-order valence-corrected chi connectivity index (χ2v) is 5.48. The summed E-state index contributed by atoms with van der Waals surface area (Å²) >= 11 is 13.2. The van der Waals surface area contributed by atoms with Crippen LogP contribution >= 0.6 is 35.0 Å². The molecule has 1 amide bonds. The Morgan fingerprint density at radius 2 is 1.85 bits per heavy atom. The first-order valence-corrected chi connectivity index (χ1v) is 7.24. The molecule has 2 aromatic rings. The first kappa shape index (κ1) is 14.9. The van der Waals surface area contributed by atoms with Crippen molar-refractivity contribution < 1.29 is 4.79 Å². The van der Waals surface area contributed by atoms with Gasteiger partial charge in [0.1, 0.15) is 0 Å². The van der Waals surface area contributed by atoms with Crippen LogP contribution in [0.5, 0.6) is 0 Å². The number of thioether (sulfide) groups is 1. The standard InChI is InChI=1S/C12H10Cl2N4OS/c13-8-4-7(15)5-9(14)11(8)18-10(19)6-20-12-16-2-1-3-17-12/h1-5H,6,15H2,(H,18,19). The van der Waals surface area contributed by atoms with E-state index < -0.39 is 0 Å². The van der Waals surface area contributed by atoms with E-state index in [9.17, 15) is 4.79 Å². The minimum absolute atomic E-state index is 0.154. The lowest BCUT2D eigenvalue weighted by Gasteiger charge is -2.09. The number of rotatable bonds is 4. The topological polar surface area (TPSA) is 80.9 Å². The number of carbonyl (C=O) groups is 1. The number of carbonyl (C=O) groups excluding carboxylic acids is 1. The van der Waals surface area contributed by atoms with Crippen molar-refractivity contribution in [1.82, 2.24) is 9.97 Å². The van der Waals surface area contributed by atoms with Crippen molar-refractivity contribution in [1.29, 1.82) is 0 Å². The molecule has 0 bridgehead atoms. The summed E-state index contributed by atoms with van der Waals surface area (Å²) in [6.07, 6.45) is 3.22. The fraction of sp³-hybridized carbons (Fsp3) is 0.0833. The molecule has 8 heteroatoms. The third-order valence-corrected chi connectivity index (χ3v) is 3.68. The molecule has 0 aliphatic rings. The van der Waals surface area contributed by atoms with Crippen molar-refractivity contribution in [2.24, 2.45) is 0 Å². The molecule has 0 radical (unpaired) electrons. The SMILES string of the molecule is Nc1cc(Cl)c(NC(=O)CSc2ncccn2)c(Cl)c1. The van der Waals surface area contributed by atoms with Crippen LogP contribution in [0.25, 0.3) is 0 Å². The van der Waals surface area contributed by atoms with Crippen LogP contribution in [0.3, 0.4) is 0 Å². The number of hydrogen-bond donors (Lipinski definition) is 2. The van der Waals surface area contributed by atoms with Gasteiger partial charge in [0.25, 0.3) is 0 Å². The molecular formula is C12H10Cl2N4OS. The van der Waals surface area contributed by atoms with Crippen molar-refractivity contribution in [3.63, 3.8) is 0 Å². The van der Waals surface area contributed by atoms with E-state index in [2.05, 4.69) is 15.3 Å². The van der Waals surface area contributed by atoms with Gasteiger partial charge in [-0.25, -0.2) is 9.97 Å². The molecule has 0 unspecified atom stereocenters. The van der Waals surface area contributed by atoms with Gasteiger partial charge in [-0.05, 0) is 18.2 Å². The summed E-state index contributed by atoms with van der Waals surface area (Å²) in [4.78, 5) is 19.9. The zero-order valence-electron chi connectivity index (χ0n) is 10.1. The third kappa shape index (κ3) is 4.00. The number of halogens is 2. The molecule has 0 saturated heterocycles. The van der Waals surface area contributed by atoms with E-state index in [1.807, 2.05) is 0 Å². The molecule has 0 fully saturated rings. The highest BCUT2D eigenvalue weighted by Gasteiger charge is 2.11. The van der Waals surface area contributed by atoms with Crippen molar-refractivity contribution in [2.75, 3.05) is 16.8 Å². The molecular weight excluding hydrogens is 319 g/mol. The maximum Gasteiger partial charge on any atom is 0.234 e. The summed E-state index contributed by atoms with van der Waals surface area (Å²) in [5, 5.41) is 3.76. The van der Waals surface area contributed by atoms with Gasteiger partial charge in [0.15, 0.2) is 5.16 Å². The molecule has 0 spiro atoms. The summed E-state index contributed by atoms with van der Waals surface area (Å²) in [5.41, 5.74) is 6.38. The van der Waals surface area contributed by atoms with Gasteiger partial charge in [-0.3, -0.25) is 4.79 Å². The average Bonchev–Trinajstić information content (AvgIpc) is 2.42. The molecule has 3 N–H and O–H groups in total. The Labute approximate surface area is 129 Å². The molecule has 1 aromatic heterocycles. The Balaban J connectivity index is 1.98. The van der Waals surface area contributed by atoms with Crippen LogP contribution in [-0.4, -0.2) is 21.6 Å². The molecule has 1 aromatic carbocycles. The van der Waals surface area contributed by atoms with Crippen LogP contribution < -0.4 is 11.1 Å². The number of benzene rings is 1. The maximum atomic E-state index is 11.8. The fourth-order valence-corrected chi connectivity index (χ4v) is 2.58. The lowest BCUT2D eigenvalue weighted by Crippen LogP contribution is -2.15. The quantitative estimate of drug-likeness (QED) is 0.512. The van der Waals surface area contributed by atoms with Gasteiger partial charge in [0, 0.05) is 18.1 Å². The van der Waals surface area contributed by atoms with Gasteiger partial charge in [-0.1, -0.05) is 35.0 Å². The molecule has 20 heavy (non-hydrogen) atoms. The number of nitrogens with one attached hydrogen (secondary N) is 1. The highest BCUT2D eigenvalue weighted by molar-refractivity contribution is 7.99. The van der Waals surface area contributed by atoms with Crippen LogP contribution in [0.2, 0.25) is 10.0 Å². The zero-order chi connectivity index (χ0) is 14.5. The molecule has 0 saturated carbocycles. The number of amides is 1. The second-order valence-electron chi connectivity index (χ2n) is 3.73. The van der Waals surface area contributed by atoms with E-state index in [4.69, 9.17) is 28.9 Å². The highest BCUT2D eigenvalue weighted by atomic mass is 35.5. The number of aromatic nitrogens is 2. The Morgan fingerprint density at radius 3 is 2.45 bits per heavy atom. The Morgan fingerprint density at radius 1 is 1.25 bits per heavy atom. The van der Waals surface area contributed by atoms with E-state index in [1.54, 1.807) is 18.5 Å². The van der Waals surface area contributed by atoms with Crippen LogP contribution in [0.15, 0.2) is 35.7 Å². The molecule has 104 valence electrons. The number of anilines is 2. The first-order chi connectivity index (χ1) is 9.56. The largest absolute Gasteiger partial charge is 0.399 e. The normalized spacial score (nSPS) is 10.3. The minimum atomic E-state index is -0.254. The van der Waals surface area contributed by atoms with E-state index in [-0.39, 0.29) is 11.7 Å². The second kappa shape index (κ2) is 6.78. The lowest BCUT2D eigenvalue weighted by molar-refractivity contribution is -0.113. The summed E-state index contributed by atoms with van der Waals surface area (Å²) in [6.45, 7) is 0. The first-order valence-electron chi connectivity index (χ1n) is 5.50. The predicted octanol–water partition coefficient (Wildman–Crippen LogP) is 3.10. The number of nitrogen functional groups attached to an aromatic ring is 1. The number of hydrogen-bond acceptors (Lipinski definition) is 5. The van der Waals surface area contributed by atoms with Gasteiger partial charge >= 0.3 is 0 Å². The van der Waals surface area contributed by atoms with Crippen LogP contribution in [0, 0.1) is 0 Å². The molecule has 2 rings (SSSR count). The summed E-state index contributed by atoms with van der Waals surface area (Å²) in [7, 11) is 0. The van der Waals surface area contributed by atoms with Crippen molar-refractivity contribution in [3.8, 4) is 0 Å². The molecule has 0 atom stereocenters. The van der Waals surface area contributed by atoms with Gasteiger partial charge < -0.3 is 11.1 Å². The molecule has 1 heterocycles. The van der Waals surface area contributed by atoms with Gasteiger partial charge in [-0.2, -0.15) is 0 Å². The molecule has 0 aliphatic carbocycles. The number of nitrogens with two attached hydrogens (primary N) is 1. The number of nitrogens with zero attached hydrogens (tertiary/aromatic N) is 2. The minimum Gasteiger partial charge on any atom is -0.399 e. The third-order valence-electron chi connectivity index (χ3n) is 2.20. The van der Waals surface area contributed by atoms with E-state index in [1.165, 1.54) is 23.9 Å². The summed E-state index contributed by atoms with van der Waals surface area (Å²) in [6, 6.07) is 4.76. The molecule has 0 aliphatic heterocycles. The Kier molecular flexibility index (Phi) is 5.05. The predicted molar refractivity (Wildman–Crippen MR) is 82.3 cm³/mol. The van der Waals surface area contributed by atoms with E-state index >= 15 is 0 Å². The fourth-order valence-electron chi connectivity index (χ4n) is 1.38. The van der Waals surface area contributed by atoms with E-state index in [0.29, 0.717) is 26.6 Å². The van der Waals surface area contributed by atoms with Gasteiger partial charge in [0.2, 0.25) is 5.91 Å². The monoisotopic (exact) mass is 328 g/mol. The lowest BCUT2D eigenvalue weighted by atomic mass is 10.3. The summed E-state index contributed by atoms with van der Waals surface area (Å²) in [5.74, 6) is -0.0999. The van der Waals surface area contributed by atoms with Crippen molar-refractivity contribution in [3.05, 3.63) is 40.6 Å². The van der Waals surface area contributed by atoms with Gasteiger partial charge in [-0.15, -0.1) is 0 Å². The van der Waals surface area contributed by atoms with Gasteiger partial charge in [0.05, 0.1) is 21.5 Å². The van der Waals surface area contributed by atoms with E-state index in [0.717, 1.165) is 0 Å².